The van der Waals surface area contributed by atoms with E-state index >= 15 is 0 Å². The Morgan fingerprint density at radius 1 is 1.67 bits per heavy atom. The average molecular weight is 80.9 g/mol. The lowest BCUT2D eigenvalue weighted by Crippen LogP contribution is -2.08. The van der Waals surface area contributed by atoms with Gasteiger partial charge in [0.1, 0.15) is 7.85 Å². The standard InChI is InChI=1S/C4H8BN/c1-4(5)6(2)3/h1H2,2-3H3. The first-order chi connectivity index (χ1) is 2.64. The van der Waals surface area contributed by atoms with Gasteiger partial charge in [0.25, 0.3) is 0 Å². The van der Waals surface area contributed by atoms with Crippen molar-refractivity contribution in [3.63, 3.8) is 0 Å². The third kappa shape index (κ3) is 1.88. The molecule has 0 fully saturated rings. The molecule has 0 atom stereocenters. The second-order valence-corrected chi connectivity index (χ2v) is 1.39. The van der Waals surface area contributed by atoms with Crippen molar-refractivity contribution in [1.29, 1.82) is 0 Å². The van der Waals surface area contributed by atoms with E-state index in [1.165, 1.54) is 0 Å². The number of nitrogens with zero attached hydrogens (tertiary/aromatic N) is 1. The minimum atomic E-state index is 0.593. The topological polar surface area (TPSA) is 3.24 Å². The summed E-state index contributed by atoms with van der Waals surface area (Å²) >= 11 is 0. The fourth-order valence-electron chi connectivity index (χ4n) is 0. The first-order valence-corrected chi connectivity index (χ1v) is 1.76. The van der Waals surface area contributed by atoms with E-state index in [1.54, 1.807) is 4.90 Å². The molecule has 2 radical (unpaired) electrons. The smallest absolute Gasteiger partial charge is 0.137 e. The maximum absolute atomic E-state index is 5.17. The highest BCUT2D eigenvalue weighted by Gasteiger charge is 1.78. The molecule has 0 aromatic heterocycles. The Labute approximate surface area is 40.1 Å². The Kier molecular flexibility index (Phi) is 1.78. The van der Waals surface area contributed by atoms with Crippen LogP contribution in [0, 0.1) is 0 Å². The summed E-state index contributed by atoms with van der Waals surface area (Å²) in [5, 5.41) is 0. The molecule has 0 saturated heterocycles. The molecule has 0 aliphatic rings. The maximum atomic E-state index is 5.17. The molecule has 0 rings (SSSR count). The third-order valence-electron chi connectivity index (χ3n) is 0.574. The van der Waals surface area contributed by atoms with Crippen molar-refractivity contribution in [3.05, 3.63) is 12.2 Å². The summed E-state index contributed by atoms with van der Waals surface area (Å²) in [7, 11) is 8.87. The molecule has 2 heteroatoms. The first kappa shape index (κ1) is 5.60. The molecule has 0 amide bonds. The summed E-state index contributed by atoms with van der Waals surface area (Å²) in [6, 6.07) is 0. The van der Waals surface area contributed by atoms with E-state index in [0.29, 0.717) is 5.60 Å². The molecule has 0 aliphatic heterocycles. The van der Waals surface area contributed by atoms with Crippen LogP contribution in [0.2, 0.25) is 0 Å². The van der Waals surface area contributed by atoms with Crippen molar-refractivity contribution < 1.29 is 0 Å². The van der Waals surface area contributed by atoms with E-state index in [-0.39, 0.29) is 0 Å². The lowest BCUT2D eigenvalue weighted by atomic mass is 10.1. The van der Waals surface area contributed by atoms with E-state index in [2.05, 4.69) is 6.58 Å². The van der Waals surface area contributed by atoms with Crippen LogP contribution in [0.15, 0.2) is 12.2 Å². The average Bonchev–Trinajstić information content (AvgIpc) is 1.36. The van der Waals surface area contributed by atoms with Gasteiger partial charge < -0.3 is 4.90 Å². The molecular formula is C4H8BN. The van der Waals surface area contributed by atoms with Crippen LogP contribution in [0.25, 0.3) is 0 Å². The predicted molar refractivity (Wildman–Crippen MR) is 28.6 cm³/mol. The van der Waals surface area contributed by atoms with Crippen molar-refractivity contribution in [2.45, 2.75) is 0 Å². The van der Waals surface area contributed by atoms with Crippen LogP contribution in [0.4, 0.5) is 0 Å². The Morgan fingerprint density at radius 2 is 1.83 bits per heavy atom. The number of hydrogen-bond donors (Lipinski definition) is 0. The molecule has 6 heavy (non-hydrogen) atoms. The number of hydrogen-bond acceptors (Lipinski definition) is 1. The van der Waals surface area contributed by atoms with Crippen molar-refractivity contribution in [3.8, 4) is 0 Å². The third-order valence-corrected chi connectivity index (χ3v) is 0.574. The predicted octanol–water partition coefficient (Wildman–Crippen LogP) is 0.188. The van der Waals surface area contributed by atoms with Gasteiger partial charge in [0.2, 0.25) is 0 Å². The quantitative estimate of drug-likeness (QED) is 0.407. The molecule has 0 unspecified atom stereocenters. The van der Waals surface area contributed by atoms with E-state index in [9.17, 15) is 0 Å². The van der Waals surface area contributed by atoms with Gasteiger partial charge >= 0.3 is 0 Å². The van der Waals surface area contributed by atoms with Crippen LogP contribution in [-0.4, -0.2) is 26.8 Å². The number of rotatable bonds is 1. The normalized spacial score (nSPS) is 7.67. The molecule has 0 bridgehead atoms. The molecule has 0 saturated carbocycles. The second-order valence-electron chi connectivity index (χ2n) is 1.39. The lowest BCUT2D eigenvalue weighted by molar-refractivity contribution is 0.549. The van der Waals surface area contributed by atoms with Gasteiger partial charge in [0, 0.05) is 14.1 Å². The molecule has 0 aromatic rings. The Bertz CT molecular complexity index is 58.6. The van der Waals surface area contributed by atoms with Crippen molar-refractivity contribution in [1.82, 2.24) is 4.90 Å². The highest BCUT2D eigenvalue weighted by atomic mass is 15.0. The minimum absolute atomic E-state index is 0.593. The summed E-state index contributed by atoms with van der Waals surface area (Å²) in [6.07, 6.45) is 0. The van der Waals surface area contributed by atoms with Crippen LogP contribution >= 0.6 is 0 Å². The SMILES string of the molecule is [B]C(=C)N(C)C. The van der Waals surface area contributed by atoms with Gasteiger partial charge in [-0.3, -0.25) is 0 Å². The molecule has 0 aliphatic carbocycles. The highest BCUT2D eigenvalue weighted by Crippen LogP contribution is 1.81. The zero-order valence-electron chi connectivity index (χ0n) is 4.23. The van der Waals surface area contributed by atoms with Crippen LogP contribution in [0.1, 0.15) is 0 Å². The van der Waals surface area contributed by atoms with Gasteiger partial charge in [-0.2, -0.15) is 0 Å². The van der Waals surface area contributed by atoms with Crippen LogP contribution in [-0.2, 0) is 0 Å². The van der Waals surface area contributed by atoms with E-state index in [1.807, 2.05) is 14.1 Å². The second kappa shape index (κ2) is 1.90. The summed E-state index contributed by atoms with van der Waals surface area (Å²) in [4.78, 5) is 1.75. The zero-order chi connectivity index (χ0) is 5.15. The Hall–Kier alpha value is -0.395. The van der Waals surface area contributed by atoms with Gasteiger partial charge in [0.15, 0.2) is 0 Å². The van der Waals surface area contributed by atoms with Gasteiger partial charge in [-0.15, -0.1) is 0 Å². The highest BCUT2D eigenvalue weighted by molar-refractivity contribution is 6.20. The minimum Gasteiger partial charge on any atom is -0.391 e. The molecule has 32 valence electrons. The lowest BCUT2D eigenvalue weighted by Gasteiger charge is -2.09. The molecule has 0 aromatic carbocycles. The first-order valence-electron chi connectivity index (χ1n) is 1.76. The van der Waals surface area contributed by atoms with Gasteiger partial charge in [-0.25, -0.2) is 0 Å². The zero-order valence-corrected chi connectivity index (χ0v) is 4.23. The van der Waals surface area contributed by atoms with Crippen LogP contribution < -0.4 is 0 Å². The summed E-state index contributed by atoms with van der Waals surface area (Å²) in [6.45, 7) is 3.46. The fraction of sp³-hybridized carbons (Fsp3) is 0.500. The molecule has 0 spiro atoms. The van der Waals surface area contributed by atoms with Crippen molar-refractivity contribution >= 4 is 7.85 Å². The maximum Gasteiger partial charge on any atom is 0.137 e. The van der Waals surface area contributed by atoms with Gasteiger partial charge in [0.05, 0.1) is 0 Å². The Balaban J connectivity index is 3.26. The van der Waals surface area contributed by atoms with Crippen molar-refractivity contribution in [2.75, 3.05) is 14.1 Å². The van der Waals surface area contributed by atoms with E-state index < -0.39 is 0 Å². The van der Waals surface area contributed by atoms with E-state index in [0.717, 1.165) is 0 Å². The monoisotopic (exact) mass is 81.1 g/mol. The fourth-order valence-corrected chi connectivity index (χ4v) is 0. The van der Waals surface area contributed by atoms with Crippen LogP contribution in [0.5, 0.6) is 0 Å². The molecule has 1 nitrogen and oxygen atoms in total. The molecular weight excluding hydrogens is 72.9 g/mol. The van der Waals surface area contributed by atoms with Gasteiger partial charge in [-0.05, 0) is 5.60 Å². The van der Waals surface area contributed by atoms with Crippen LogP contribution in [0.3, 0.4) is 0 Å². The van der Waals surface area contributed by atoms with E-state index in [4.69, 9.17) is 7.85 Å². The Morgan fingerprint density at radius 3 is 1.83 bits per heavy atom. The summed E-state index contributed by atoms with van der Waals surface area (Å²) < 4.78 is 0. The van der Waals surface area contributed by atoms with Crippen molar-refractivity contribution in [2.24, 2.45) is 0 Å². The molecule has 0 N–H and O–H groups in total. The summed E-state index contributed by atoms with van der Waals surface area (Å²) in [5.41, 5.74) is 0.593. The van der Waals surface area contributed by atoms with Gasteiger partial charge in [-0.1, -0.05) is 6.58 Å². The largest absolute Gasteiger partial charge is 0.391 e. The summed E-state index contributed by atoms with van der Waals surface area (Å²) in [5.74, 6) is 0. The molecule has 0 heterocycles.